The van der Waals surface area contributed by atoms with Crippen molar-refractivity contribution in [2.45, 2.75) is 19.8 Å². The summed E-state index contributed by atoms with van der Waals surface area (Å²) in [4.78, 5) is 13.7. The van der Waals surface area contributed by atoms with Crippen LogP contribution in [-0.4, -0.2) is 41.3 Å². The Labute approximate surface area is 172 Å². The number of pyridine rings is 1. The molecule has 0 unspecified atom stereocenters. The van der Waals surface area contributed by atoms with Crippen LogP contribution in [0, 0.1) is 12.3 Å². The predicted molar refractivity (Wildman–Crippen MR) is 113 cm³/mol. The quantitative estimate of drug-likeness (QED) is 0.605. The van der Waals surface area contributed by atoms with Gasteiger partial charge in [-0.15, -0.1) is 0 Å². The van der Waals surface area contributed by atoms with E-state index in [4.69, 9.17) is 4.52 Å². The largest absolute Gasteiger partial charge is 0.370 e. The van der Waals surface area contributed by atoms with Gasteiger partial charge < -0.3 is 14.3 Å². The van der Waals surface area contributed by atoms with Crippen molar-refractivity contribution in [1.82, 2.24) is 15.1 Å². The molecule has 0 N–H and O–H groups in total. The number of aryl methyl sites for hydroxylation is 1. The standard InChI is InChI=1S/C21H22BrN5O/c1-15-10-18(6-8-23-15)27-13-21(14-27)7-3-9-26(12-21)20-24-19(25-28-20)16-4-2-5-17(22)11-16/h2,4-6,8,10-11H,3,7,9,12-14H2,1H3. The second kappa shape index (κ2) is 6.88. The van der Waals surface area contributed by atoms with Crippen LogP contribution >= 0.6 is 15.9 Å². The first kappa shape index (κ1) is 17.7. The predicted octanol–water partition coefficient (Wildman–Crippen LogP) is 4.31. The zero-order chi connectivity index (χ0) is 19.1. The van der Waals surface area contributed by atoms with Crippen LogP contribution < -0.4 is 9.80 Å². The third kappa shape index (κ3) is 3.28. The van der Waals surface area contributed by atoms with Crippen molar-refractivity contribution in [3.63, 3.8) is 0 Å². The van der Waals surface area contributed by atoms with Gasteiger partial charge in [-0.3, -0.25) is 4.98 Å². The van der Waals surface area contributed by atoms with Gasteiger partial charge in [-0.1, -0.05) is 33.2 Å². The Hall–Kier alpha value is -2.41. The molecule has 2 aromatic heterocycles. The van der Waals surface area contributed by atoms with Crippen LogP contribution in [0.25, 0.3) is 11.4 Å². The molecule has 0 amide bonds. The molecule has 1 spiro atoms. The minimum absolute atomic E-state index is 0.305. The number of nitrogens with zero attached hydrogens (tertiary/aromatic N) is 5. The molecule has 2 saturated heterocycles. The lowest BCUT2D eigenvalue weighted by molar-refractivity contribution is 0.169. The van der Waals surface area contributed by atoms with Crippen molar-refractivity contribution < 1.29 is 4.52 Å². The van der Waals surface area contributed by atoms with Gasteiger partial charge in [-0.2, -0.15) is 4.98 Å². The summed E-state index contributed by atoms with van der Waals surface area (Å²) < 4.78 is 6.62. The van der Waals surface area contributed by atoms with Crippen molar-refractivity contribution in [1.29, 1.82) is 0 Å². The van der Waals surface area contributed by atoms with Gasteiger partial charge >= 0.3 is 6.01 Å². The average Bonchev–Trinajstić information content (AvgIpc) is 3.16. The third-order valence-corrected chi connectivity index (χ3v) is 6.22. The number of piperidine rings is 1. The van der Waals surface area contributed by atoms with E-state index in [1.165, 1.54) is 12.1 Å². The molecule has 0 saturated carbocycles. The summed E-state index contributed by atoms with van der Waals surface area (Å²) >= 11 is 3.50. The van der Waals surface area contributed by atoms with E-state index in [2.05, 4.69) is 53.0 Å². The van der Waals surface area contributed by atoms with Gasteiger partial charge in [0.25, 0.3) is 0 Å². The van der Waals surface area contributed by atoms with Crippen LogP contribution in [0.2, 0.25) is 0 Å². The first-order chi connectivity index (χ1) is 13.6. The first-order valence-electron chi connectivity index (χ1n) is 9.63. The molecule has 7 heteroatoms. The highest BCUT2D eigenvalue weighted by molar-refractivity contribution is 9.10. The molecule has 2 fully saturated rings. The number of anilines is 2. The topological polar surface area (TPSA) is 58.3 Å². The number of aromatic nitrogens is 3. The number of benzene rings is 1. The molecule has 144 valence electrons. The molecular weight excluding hydrogens is 418 g/mol. The molecule has 0 radical (unpaired) electrons. The van der Waals surface area contributed by atoms with Gasteiger partial charge in [-0.05, 0) is 44.0 Å². The molecule has 0 bridgehead atoms. The molecule has 1 aromatic carbocycles. The van der Waals surface area contributed by atoms with Crippen molar-refractivity contribution in [2.24, 2.45) is 5.41 Å². The smallest absolute Gasteiger partial charge is 0.324 e. The highest BCUT2D eigenvalue weighted by Gasteiger charge is 2.46. The summed E-state index contributed by atoms with van der Waals surface area (Å²) in [5, 5.41) is 4.20. The summed E-state index contributed by atoms with van der Waals surface area (Å²) in [7, 11) is 0. The van der Waals surface area contributed by atoms with E-state index in [0.717, 1.165) is 48.3 Å². The maximum Gasteiger partial charge on any atom is 0.324 e. The Kier molecular flexibility index (Phi) is 4.34. The van der Waals surface area contributed by atoms with E-state index in [0.29, 0.717) is 17.3 Å². The van der Waals surface area contributed by atoms with Crippen molar-refractivity contribution >= 4 is 27.6 Å². The second-order valence-corrected chi connectivity index (χ2v) is 8.86. The SMILES string of the molecule is Cc1cc(N2CC3(CCCN(c4nc(-c5cccc(Br)c5)no4)C3)C2)ccn1. The molecule has 2 aliphatic rings. The molecular formula is C21H22BrN5O. The van der Waals surface area contributed by atoms with Gasteiger partial charge in [0.2, 0.25) is 5.82 Å². The normalized spacial score (nSPS) is 18.4. The molecule has 28 heavy (non-hydrogen) atoms. The molecule has 5 rings (SSSR count). The zero-order valence-corrected chi connectivity index (χ0v) is 17.4. The van der Waals surface area contributed by atoms with Crippen LogP contribution in [0.15, 0.2) is 51.6 Å². The average molecular weight is 440 g/mol. The highest BCUT2D eigenvalue weighted by Crippen LogP contribution is 2.42. The molecule has 3 aromatic rings. The van der Waals surface area contributed by atoms with Gasteiger partial charge in [0.05, 0.1) is 0 Å². The minimum Gasteiger partial charge on any atom is -0.370 e. The van der Waals surface area contributed by atoms with E-state index in [9.17, 15) is 0 Å². The summed E-state index contributed by atoms with van der Waals surface area (Å²) in [6.45, 7) is 6.11. The lowest BCUT2D eigenvalue weighted by Gasteiger charge is -2.55. The Bertz CT molecular complexity index is 998. The van der Waals surface area contributed by atoms with Crippen LogP contribution in [0.3, 0.4) is 0 Å². The first-order valence-corrected chi connectivity index (χ1v) is 10.4. The number of hydrogen-bond acceptors (Lipinski definition) is 6. The fourth-order valence-electron chi connectivity index (χ4n) is 4.39. The zero-order valence-electron chi connectivity index (χ0n) is 15.8. The number of rotatable bonds is 3. The van der Waals surface area contributed by atoms with Crippen LogP contribution in [0.5, 0.6) is 0 Å². The second-order valence-electron chi connectivity index (χ2n) is 7.95. The minimum atomic E-state index is 0.305. The Balaban J connectivity index is 1.29. The highest BCUT2D eigenvalue weighted by atomic mass is 79.9. The summed E-state index contributed by atoms with van der Waals surface area (Å²) in [5.41, 5.74) is 3.60. The molecule has 4 heterocycles. The van der Waals surface area contributed by atoms with Crippen LogP contribution in [0.1, 0.15) is 18.5 Å². The fourth-order valence-corrected chi connectivity index (χ4v) is 4.79. The summed E-state index contributed by atoms with van der Waals surface area (Å²) in [5.74, 6) is 0.637. The monoisotopic (exact) mass is 439 g/mol. The number of halogens is 1. The molecule has 0 atom stereocenters. The van der Waals surface area contributed by atoms with E-state index < -0.39 is 0 Å². The summed E-state index contributed by atoms with van der Waals surface area (Å²) in [6.07, 6.45) is 4.29. The summed E-state index contributed by atoms with van der Waals surface area (Å²) in [6, 6.07) is 12.9. The van der Waals surface area contributed by atoms with Crippen molar-refractivity contribution in [3.05, 3.63) is 52.8 Å². The number of hydrogen-bond donors (Lipinski definition) is 0. The van der Waals surface area contributed by atoms with Crippen LogP contribution in [0.4, 0.5) is 11.7 Å². The van der Waals surface area contributed by atoms with Crippen LogP contribution in [-0.2, 0) is 0 Å². The van der Waals surface area contributed by atoms with Gasteiger partial charge in [0.1, 0.15) is 0 Å². The van der Waals surface area contributed by atoms with E-state index in [1.807, 2.05) is 37.4 Å². The maximum atomic E-state index is 5.62. The van der Waals surface area contributed by atoms with Crippen molar-refractivity contribution in [3.8, 4) is 11.4 Å². The molecule has 0 aliphatic carbocycles. The molecule has 2 aliphatic heterocycles. The van der Waals surface area contributed by atoms with E-state index in [-0.39, 0.29) is 0 Å². The Morgan fingerprint density at radius 1 is 1.11 bits per heavy atom. The lowest BCUT2D eigenvalue weighted by atomic mass is 9.73. The third-order valence-electron chi connectivity index (χ3n) is 5.73. The van der Waals surface area contributed by atoms with Gasteiger partial charge in [-0.25, -0.2) is 0 Å². The van der Waals surface area contributed by atoms with Gasteiger partial charge in [0, 0.05) is 59.2 Å². The molecule has 6 nitrogen and oxygen atoms in total. The lowest BCUT2D eigenvalue weighted by Crippen LogP contribution is -2.63. The van der Waals surface area contributed by atoms with Gasteiger partial charge in [0.15, 0.2) is 0 Å². The maximum absolute atomic E-state index is 5.62. The van der Waals surface area contributed by atoms with E-state index >= 15 is 0 Å². The van der Waals surface area contributed by atoms with Crippen molar-refractivity contribution in [2.75, 3.05) is 36.0 Å². The Morgan fingerprint density at radius 3 is 2.79 bits per heavy atom. The van der Waals surface area contributed by atoms with E-state index in [1.54, 1.807) is 0 Å². The fraction of sp³-hybridized carbons (Fsp3) is 0.381. The Morgan fingerprint density at radius 2 is 1.96 bits per heavy atom.